The van der Waals surface area contributed by atoms with Crippen LogP contribution in [0.5, 0.6) is 0 Å². The zero-order chi connectivity index (χ0) is 17.1. The van der Waals surface area contributed by atoms with E-state index < -0.39 is 0 Å². The first kappa shape index (κ1) is 16.8. The Morgan fingerprint density at radius 2 is 1.92 bits per heavy atom. The number of benzene rings is 1. The number of anilines is 1. The minimum atomic E-state index is 0.709. The van der Waals surface area contributed by atoms with E-state index in [4.69, 9.17) is 22.3 Å². The van der Waals surface area contributed by atoms with Gasteiger partial charge in [0.1, 0.15) is 5.65 Å². The van der Waals surface area contributed by atoms with Crippen LogP contribution in [0.1, 0.15) is 25.5 Å². The molecule has 0 unspecified atom stereocenters. The number of unbranched alkanes of at least 4 members (excludes halogenated alkanes) is 1. The first-order valence-corrected chi connectivity index (χ1v) is 8.67. The molecule has 0 bridgehead atoms. The van der Waals surface area contributed by atoms with Crippen LogP contribution in [0.2, 0.25) is 5.02 Å². The van der Waals surface area contributed by atoms with Gasteiger partial charge in [0.25, 0.3) is 0 Å². The van der Waals surface area contributed by atoms with Crippen LogP contribution in [-0.4, -0.2) is 27.9 Å². The van der Waals surface area contributed by atoms with Crippen LogP contribution in [0.4, 0.5) is 5.69 Å². The Hall–Kier alpha value is -2.04. The maximum absolute atomic E-state index is 6.21. The van der Waals surface area contributed by atoms with Gasteiger partial charge < -0.3 is 15.0 Å². The number of hydrogen-bond donors (Lipinski definition) is 1. The van der Waals surface area contributed by atoms with E-state index in [0.717, 1.165) is 41.4 Å². The van der Waals surface area contributed by atoms with Crippen LogP contribution in [0.3, 0.4) is 0 Å². The second-order valence-electron chi connectivity index (χ2n) is 6.20. The van der Waals surface area contributed by atoms with Gasteiger partial charge in [-0.25, -0.2) is 4.98 Å². The number of nitrogens with zero attached hydrogens (tertiary/aromatic N) is 3. The Morgan fingerprint density at radius 1 is 1.17 bits per heavy atom. The van der Waals surface area contributed by atoms with E-state index in [-0.39, 0.29) is 0 Å². The summed E-state index contributed by atoms with van der Waals surface area (Å²) in [5.74, 6) is 0. The average Bonchev–Trinajstić information content (AvgIpc) is 2.91. The van der Waals surface area contributed by atoms with Gasteiger partial charge >= 0.3 is 0 Å². The number of aromatic nitrogens is 2. The molecule has 0 saturated carbocycles. The fourth-order valence-corrected chi connectivity index (χ4v) is 3.01. The number of hydrogen-bond acceptors (Lipinski definition) is 3. The molecule has 0 aliphatic rings. The van der Waals surface area contributed by atoms with Crippen molar-refractivity contribution >= 4 is 22.9 Å². The van der Waals surface area contributed by atoms with Crippen LogP contribution < -0.4 is 5.73 Å². The Labute approximate surface area is 147 Å². The molecule has 2 aromatic heterocycles. The largest absolute Gasteiger partial charge is 0.399 e. The molecule has 2 heterocycles. The fraction of sp³-hybridized carbons (Fsp3) is 0.316. The van der Waals surface area contributed by atoms with Crippen molar-refractivity contribution in [3.05, 3.63) is 53.3 Å². The summed E-state index contributed by atoms with van der Waals surface area (Å²) in [7, 11) is 2.15. The van der Waals surface area contributed by atoms with Crippen LogP contribution >= 0.6 is 11.6 Å². The van der Waals surface area contributed by atoms with Crippen molar-refractivity contribution in [3.63, 3.8) is 0 Å². The molecule has 126 valence electrons. The summed E-state index contributed by atoms with van der Waals surface area (Å²) in [6.07, 6.45) is 4.31. The van der Waals surface area contributed by atoms with Crippen LogP contribution in [0.25, 0.3) is 16.9 Å². The summed E-state index contributed by atoms with van der Waals surface area (Å²) in [4.78, 5) is 7.15. The molecule has 3 rings (SSSR count). The summed E-state index contributed by atoms with van der Waals surface area (Å²) in [5.41, 5.74) is 10.7. The van der Waals surface area contributed by atoms with E-state index in [1.165, 1.54) is 12.8 Å². The lowest BCUT2D eigenvalue weighted by Crippen LogP contribution is -2.20. The van der Waals surface area contributed by atoms with Crippen molar-refractivity contribution in [1.29, 1.82) is 0 Å². The minimum absolute atomic E-state index is 0.709. The van der Waals surface area contributed by atoms with Gasteiger partial charge in [-0.2, -0.15) is 0 Å². The summed E-state index contributed by atoms with van der Waals surface area (Å²) in [5, 5.41) is 0.709. The lowest BCUT2D eigenvalue weighted by Gasteiger charge is -2.17. The molecule has 0 fully saturated rings. The highest BCUT2D eigenvalue weighted by molar-refractivity contribution is 6.30. The van der Waals surface area contributed by atoms with Crippen molar-refractivity contribution in [1.82, 2.24) is 14.3 Å². The topological polar surface area (TPSA) is 46.6 Å². The number of nitrogens with two attached hydrogens (primary N) is 1. The SMILES string of the molecule is CCCCN(C)Cc1c(-c2ccc(N)cc2)nc2ccc(Cl)cn12. The van der Waals surface area contributed by atoms with E-state index >= 15 is 0 Å². The number of halogens is 1. The third kappa shape index (κ3) is 3.55. The highest BCUT2D eigenvalue weighted by Gasteiger charge is 2.16. The molecule has 0 saturated heterocycles. The summed E-state index contributed by atoms with van der Waals surface area (Å²) >= 11 is 6.21. The van der Waals surface area contributed by atoms with Gasteiger partial charge in [-0.15, -0.1) is 0 Å². The number of pyridine rings is 1. The highest BCUT2D eigenvalue weighted by Crippen LogP contribution is 2.27. The van der Waals surface area contributed by atoms with E-state index in [1.807, 2.05) is 42.6 Å². The zero-order valence-corrected chi connectivity index (χ0v) is 14.9. The van der Waals surface area contributed by atoms with E-state index in [9.17, 15) is 0 Å². The summed E-state index contributed by atoms with van der Waals surface area (Å²) in [6.45, 7) is 4.09. The van der Waals surface area contributed by atoms with Crippen molar-refractivity contribution in [3.8, 4) is 11.3 Å². The second kappa shape index (κ2) is 7.24. The fourth-order valence-electron chi connectivity index (χ4n) is 2.85. The maximum atomic E-state index is 6.21. The quantitative estimate of drug-likeness (QED) is 0.672. The van der Waals surface area contributed by atoms with Crippen molar-refractivity contribution in [2.45, 2.75) is 26.3 Å². The lowest BCUT2D eigenvalue weighted by atomic mass is 10.1. The normalized spacial score (nSPS) is 11.5. The molecule has 0 aliphatic carbocycles. The maximum Gasteiger partial charge on any atom is 0.137 e. The van der Waals surface area contributed by atoms with Gasteiger partial charge in [-0.3, -0.25) is 0 Å². The predicted octanol–water partition coefficient (Wildman–Crippen LogP) is 4.47. The first-order chi connectivity index (χ1) is 11.6. The minimum Gasteiger partial charge on any atom is -0.399 e. The summed E-state index contributed by atoms with van der Waals surface area (Å²) < 4.78 is 2.09. The molecule has 24 heavy (non-hydrogen) atoms. The van der Waals surface area contributed by atoms with Crippen molar-refractivity contribution < 1.29 is 0 Å². The molecule has 1 aromatic carbocycles. The monoisotopic (exact) mass is 342 g/mol. The van der Waals surface area contributed by atoms with Gasteiger partial charge in [0.2, 0.25) is 0 Å². The number of rotatable bonds is 6. The predicted molar refractivity (Wildman–Crippen MR) is 101 cm³/mol. The molecule has 3 aromatic rings. The third-order valence-corrected chi connectivity index (χ3v) is 4.40. The van der Waals surface area contributed by atoms with Gasteiger partial charge in [0, 0.05) is 24.0 Å². The molecule has 0 amide bonds. The average molecular weight is 343 g/mol. The molecule has 2 N–H and O–H groups in total. The Balaban J connectivity index is 2.06. The Kier molecular flexibility index (Phi) is 5.07. The smallest absolute Gasteiger partial charge is 0.137 e. The number of nitrogen functional groups attached to an aromatic ring is 1. The van der Waals surface area contributed by atoms with Crippen molar-refractivity contribution in [2.24, 2.45) is 0 Å². The molecule has 4 nitrogen and oxygen atoms in total. The lowest BCUT2D eigenvalue weighted by molar-refractivity contribution is 0.316. The summed E-state index contributed by atoms with van der Waals surface area (Å²) in [6, 6.07) is 11.7. The molecule has 0 spiro atoms. The van der Waals surface area contributed by atoms with Gasteiger partial charge in [-0.1, -0.05) is 37.1 Å². The number of fused-ring (bicyclic) bond motifs is 1. The van der Waals surface area contributed by atoms with E-state index in [1.54, 1.807) is 0 Å². The van der Waals surface area contributed by atoms with Crippen LogP contribution in [-0.2, 0) is 6.54 Å². The van der Waals surface area contributed by atoms with E-state index in [0.29, 0.717) is 5.02 Å². The highest BCUT2D eigenvalue weighted by atomic mass is 35.5. The molecule has 0 aliphatic heterocycles. The molecule has 0 atom stereocenters. The third-order valence-electron chi connectivity index (χ3n) is 4.18. The molecule has 0 radical (unpaired) electrons. The molecule has 5 heteroatoms. The first-order valence-electron chi connectivity index (χ1n) is 8.29. The van der Waals surface area contributed by atoms with Gasteiger partial charge in [0.15, 0.2) is 0 Å². The van der Waals surface area contributed by atoms with Gasteiger partial charge in [0.05, 0.1) is 16.4 Å². The molecular formula is C19H23ClN4. The van der Waals surface area contributed by atoms with E-state index in [2.05, 4.69) is 23.3 Å². The zero-order valence-electron chi connectivity index (χ0n) is 14.2. The Morgan fingerprint density at radius 3 is 2.62 bits per heavy atom. The second-order valence-corrected chi connectivity index (χ2v) is 6.63. The number of imidazole rings is 1. The standard InChI is InChI=1S/C19H23ClN4/c1-3-4-11-23(2)13-17-19(14-5-8-16(21)9-6-14)22-18-10-7-15(20)12-24(17)18/h5-10,12H,3-4,11,13,21H2,1-2H3. The van der Waals surface area contributed by atoms with Gasteiger partial charge in [-0.05, 0) is 44.3 Å². The van der Waals surface area contributed by atoms with Crippen molar-refractivity contribution in [2.75, 3.05) is 19.3 Å². The molecular weight excluding hydrogens is 320 g/mol. The van der Waals surface area contributed by atoms with Crippen LogP contribution in [0, 0.1) is 0 Å². The Bertz CT molecular complexity index is 823. The van der Waals surface area contributed by atoms with Crippen LogP contribution in [0.15, 0.2) is 42.6 Å².